The highest BCUT2D eigenvalue weighted by atomic mass is 16.4. The van der Waals surface area contributed by atoms with Gasteiger partial charge in [-0.15, -0.1) is 0 Å². The molecule has 0 aromatic heterocycles. The first kappa shape index (κ1) is 18.4. The van der Waals surface area contributed by atoms with E-state index in [4.69, 9.17) is 5.11 Å². The zero-order chi connectivity index (χ0) is 17.2. The quantitative estimate of drug-likeness (QED) is 0.715. The van der Waals surface area contributed by atoms with E-state index in [0.29, 0.717) is 12.0 Å². The number of carboxylic acids is 1. The lowest BCUT2D eigenvalue weighted by molar-refractivity contribution is -0.135. The van der Waals surface area contributed by atoms with Gasteiger partial charge in [0.1, 0.15) is 6.54 Å². The van der Waals surface area contributed by atoms with Crippen LogP contribution >= 0.6 is 0 Å². The van der Waals surface area contributed by atoms with E-state index >= 15 is 0 Å². The van der Waals surface area contributed by atoms with Crippen molar-refractivity contribution in [2.24, 2.45) is 0 Å². The number of carbonyl (C=O) groups excluding carboxylic acids is 2. The smallest absolute Gasteiger partial charge is 0.322 e. The van der Waals surface area contributed by atoms with Crippen LogP contribution in [0.5, 0.6) is 0 Å². The average molecular weight is 318 g/mol. The minimum Gasteiger partial charge on any atom is -0.480 e. The highest BCUT2D eigenvalue weighted by Crippen LogP contribution is 2.09. The van der Waals surface area contributed by atoms with Gasteiger partial charge in [0.15, 0.2) is 0 Å². The Hall–Kier alpha value is -2.63. The maximum Gasteiger partial charge on any atom is 0.322 e. The van der Waals surface area contributed by atoms with Crippen LogP contribution in [0.2, 0.25) is 0 Å². The molecule has 1 aromatic carbocycles. The van der Waals surface area contributed by atoms with Gasteiger partial charge >= 0.3 is 5.97 Å². The number of nitrogens with one attached hydrogen (secondary N) is 1. The summed E-state index contributed by atoms with van der Waals surface area (Å²) in [6, 6.07) is 6.92. The zero-order valence-corrected chi connectivity index (χ0v) is 13.4. The normalized spacial score (nSPS) is 10.5. The molecule has 0 aliphatic heterocycles. The van der Waals surface area contributed by atoms with E-state index in [1.807, 2.05) is 18.2 Å². The number of hydrogen-bond donors (Lipinski definition) is 2. The van der Waals surface area contributed by atoms with Crippen molar-refractivity contribution in [2.75, 3.05) is 20.6 Å². The van der Waals surface area contributed by atoms with Gasteiger partial charge < -0.3 is 15.3 Å². The molecule has 0 aliphatic rings. The maximum absolute atomic E-state index is 11.8. The Morgan fingerprint density at radius 2 is 2.00 bits per heavy atom. The van der Waals surface area contributed by atoms with E-state index < -0.39 is 18.4 Å². The van der Waals surface area contributed by atoms with Gasteiger partial charge in [-0.3, -0.25) is 14.4 Å². The second kappa shape index (κ2) is 9.40. The van der Waals surface area contributed by atoms with Crippen LogP contribution in [0.25, 0.3) is 6.08 Å². The first-order chi connectivity index (χ1) is 10.9. The Morgan fingerprint density at radius 3 is 2.65 bits per heavy atom. The molecule has 0 radical (unpaired) electrons. The molecule has 2 N–H and O–H groups in total. The molecule has 0 fully saturated rings. The molecular formula is C17H22N2O4. The Bertz CT molecular complexity index is 594. The molecule has 0 aliphatic carbocycles. The number of carbonyl (C=O) groups is 3. The average Bonchev–Trinajstić information content (AvgIpc) is 2.52. The predicted molar refractivity (Wildman–Crippen MR) is 88.0 cm³/mol. The van der Waals surface area contributed by atoms with E-state index in [1.54, 1.807) is 37.2 Å². The molecule has 0 spiro atoms. The van der Waals surface area contributed by atoms with Crippen molar-refractivity contribution >= 4 is 23.9 Å². The Labute approximate surface area is 135 Å². The van der Waals surface area contributed by atoms with Crippen molar-refractivity contribution in [3.05, 3.63) is 41.5 Å². The van der Waals surface area contributed by atoms with Crippen molar-refractivity contribution in [2.45, 2.75) is 19.3 Å². The molecule has 0 unspecified atom stereocenters. The SMILES string of the molecule is CN(C)C(=O)CCC/C=C/c1cccc(C(=O)NCC(=O)O)c1. The van der Waals surface area contributed by atoms with Crippen LogP contribution in [-0.4, -0.2) is 48.4 Å². The standard InChI is InChI=1S/C17H22N2O4/c1-19(2)15(20)10-5-3-4-7-13-8-6-9-14(11-13)17(23)18-12-16(21)22/h4,6-9,11H,3,5,10,12H2,1-2H3,(H,18,23)(H,21,22)/b7-4+. The van der Waals surface area contributed by atoms with Crippen molar-refractivity contribution < 1.29 is 19.5 Å². The van der Waals surface area contributed by atoms with E-state index in [0.717, 1.165) is 18.4 Å². The van der Waals surface area contributed by atoms with Crippen molar-refractivity contribution in [3.63, 3.8) is 0 Å². The second-order valence-corrected chi connectivity index (χ2v) is 5.28. The summed E-state index contributed by atoms with van der Waals surface area (Å²) in [5.41, 5.74) is 1.27. The molecule has 0 heterocycles. The predicted octanol–water partition coefficient (Wildman–Crippen LogP) is 1.77. The highest BCUT2D eigenvalue weighted by molar-refractivity contribution is 5.96. The fourth-order valence-corrected chi connectivity index (χ4v) is 1.86. The van der Waals surface area contributed by atoms with E-state index in [2.05, 4.69) is 5.32 Å². The molecule has 0 saturated heterocycles. The minimum atomic E-state index is -1.08. The third-order valence-electron chi connectivity index (χ3n) is 3.12. The fourth-order valence-electron chi connectivity index (χ4n) is 1.86. The van der Waals surface area contributed by atoms with Gasteiger partial charge in [-0.2, -0.15) is 0 Å². The van der Waals surface area contributed by atoms with Gasteiger partial charge in [-0.1, -0.05) is 24.3 Å². The van der Waals surface area contributed by atoms with Gasteiger partial charge in [0.2, 0.25) is 5.91 Å². The first-order valence-electron chi connectivity index (χ1n) is 7.37. The number of rotatable bonds is 8. The van der Waals surface area contributed by atoms with Crippen molar-refractivity contribution in [3.8, 4) is 0 Å². The molecular weight excluding hydrogens is 296 g/mol. The summed E-state index contributed by atoms with van der Waals surface area (Å²) in [4.78, 5) is 35.2. The lowest BCUT2D eigenvalue weighted by Crippen LogP contribution is -2.29. The Balaban J connectivity index is 2.50. The number of benzene rings is 1. The summed E-state index contributed by atoms with van der Waals surface area (Å²) in [5, 5.41) is 10.9. The first-order valence-corrected chi connectivity index (χ1v) is 7.37. The van der Waals surface area contributed by atoms with Crippen LogP contribution in [0.1, 0.15) is 35.2 Å². The summed E-state index contributed by atoms with van der Waals surface area (Å²) in [6.07, 6.45) is 5.89. The monoisotopic (exact) mass is 318 g/mol. The largest absolute Gasteiger partial charge is 0.480 e. The topological polar surface area (TPSA) is 86.7 Å². The summed E-state index contributed by atoms with van der Waals surface area (Å²) < 4.78 is 0. The molecule has 1 rings (SSSR count). The molecule has 6 nitrogen and oxygen atoms in total. The number of allylic oxidation sites excluding steroid dienone is 1. The third kappa shape index (κ3) is 7.26. The Kier molecular flexibility index (Phi) is 7.53. The van der Waals surface area contributed by atoms with Gasteiger partial charge in [-0.25, -0.2) is 0 Å². The Morgan fingerprint density at radius 1 is 1.26 bits per heavy atom. The summed E-state index contributed by atoms with van der Waals surface area (Å²) in [6.45, 7) is -0.404. The van der Waals surface area contributed by atoms with Crippen LogP contribution in [-0.2, 0) is 9.59 Å². The second-order valence-electron chi connectivity index (χ2n) is 5.28. The number of unbranched alkanes of at least 4 members (excludes halogenated alkanes) is 1. The molecule has 0 bridgehead atoms. The number of hydrogen-bond acceptors (Lipinski definition) is 3. The third-order valence-corrected chi connectivity index (χ3v) is 3.12. The van der Waals surface area contributed by atoms with Crippen molar-refractivity contribution in [1.82, 2.24) is 10.2 Å². The molecule has 23 heavy (non-hydrogen) atoms. The van der Waals surface area contributed by atoms with Gasteiger partial charge in [0.05, 0.1) is 0 Å². The summed E-state index contributed by atoms with van der Waals surface area (Å²) >= 11 is 0. The molecule has 0 saturated carbocycles. The number of amides is 2. The van der Waals surface area contributed by atoms with Gasteiger partial charge in [0.25, 0.3) is 5.91 Å². The molecule has 6 heteroatoms. The van der Waals surface area contributed by atoms with Crippen molar-refractivity contribution in [1.29, 1.82) is 0 Å². The van der Waals surface area contributed by atoms with Crippen LogP contribution in [0.4, 0.5) is 0 Å². The van der Waals surface area contributed by atoms with Crippen LogP contribution in [0.15, 0.2) is 30.3 Å². The minimum absolute atomic E-state index is 0.107. The van der Waals surface area contributed by atoms with Crippen LogP contribution in [0, 0.1) is 0 Å². The van der Waals surface area contributed by atoms with E-state index in [9.17, 15) is 14.4 Å². The van der Waals surface area contributed by atoms with E-state index in [1.165, 1.54) is 0 Å². The summed E-state index contributed by atoms with van der Waals surface area (Å²) in [7, 11) is 3.47. The maximum atomic E-state index is 11.8. The number of aliphatic carboxylic acids is 1. The molecule has 1 aromatic rings. The number of carboxylic acid groups (broad SMARTS) is 1. The van der Waals surface area contributed by atoms with E-state index in [-0.39, 0.29) is 5.91 Å². The number of nitrogens with zero attached hydrogens (tertiary/aromatic N) is 1. The van der Waals surface area contributed by atoms with Gasteiger partial charge in [-0.05, 0) is 30.5 Å². The lowest BCUT2D eigenvalue weighted by atomic mass is 10.1. The zero-order valence-electron chi connectivity index (χ0n) is 13.4. The molecule has 0 atom stereocenters. The molecule has 124 valence electrons. The fraction of sp³-hybridized carbons (Fsp3) is 0.353. The highest BCUT2D eigenvalue weighted by Gasteiger charge is 2.07. The molecule has 2 amide bonds. The van der Waals surface area contributed by atoms with Gasteiger partial charge in [0, 0.05) is 26.1 Å². The van der Waals surface area contributed by atoms with Crippen LogP contribution < -0.4 is 5.32 Å². The van der Waals surface area contributed by atoms with Crippen LogP contribution in [0.3, 0.4) is 0 Å². The summed E-state index contributed by atoms with van der Waals surface area (Å²) in [5.74, 6) is -1.39. The lowest BCUT2D eigenvalue weighted by Gasteiger charge is -2.08.